The van der Waals surface area contributed by atoms with Gasteiger partial charge in [-0.3, -0.25) is 0 Å². The highest BCUT2D eigenvalue weighted by atomic mass is 15.4. The fraction of sp³-hybridized carbons (Fsp3) is 0.778. The van der Waals surface area contributed by atoms with Crippen molar-refractivity contribution < 1.29 is 0 Å². The van der Waals surface area contributed by atoms with Crippen molar-refractivity contribution in [3.05, 3.63) is 11.6 Å². The molecule has 1 aliphatic rings. The molecule has 0 bridgehead atoms. The Morgan fingerprint density at radius 3 is 2.92 bits per heavy atom. The van der Waals surface area contributed by atoms with E-state index in [-0.39, 0.29) is 6.04 Å². The molecule has 0 amide bonds. The smallest absolute Gasteiger partial charge is 0.153 e. The first-order valence-corrected chi connectivity index (χ1v) is 4.88. The summed E-state index contributed by atoms with van der Waals surface area (Å²) < 4.78 is 1.96. The molecular weight excluding hydrogens is 164 g/mol. The Morgan fingerprint density at radius 1 is 1.54 bits per heavy atom. The van der Waals surface area contributed by atoms with Crippen LogP contribution in [0.1, 0.15) is 50.3 Å². The zero-order chi connectivity index (χ0) is 9.42. The summed E-state index contributed by atoms with van der Waals surface area (Å²) in [5.74, 6) is 2.28. The van der Waals surface area contributed by atoms with E-state index >= 15 is 0 Å². The van der Waals surface area contributed by atoms with E-state index in [1.54, 1.807) is 0 Å². The highest BCUT2D eigenvalue weighted by Crippen LogP contribution is 2.22. The monoisotopic (exact) mass is 180 g/mol. The van der Waals surface area contributed by atoms with E-state index in [9.17, 15) is 0 Å². The van der Waals surface area contributed by atoms with Crippen molar-refractivity contribution in [3.63, 3.8) is 0 Å². The number of aryl methyl sites for hydroxylation is 1. The van der Waals surface area contributed by atoms with Gasteiger partial charge in [-0.05, 0) is 12.8 Å². The fourth-order valence-corrected chi connectivity index (χ4v) is 1.65. The second-order valence-corrected chi connectivity index (χ2v) is 3.95. The lowest BCUT2D eigenvalue weighted by molar-refractivity contribution is 0.421. The minimum Gasteiger partial charge on any atom is -0.321 e. The molecule has 4 heteroatoms. The molecule has 0 unspecified atom stereocenters. The lowest BCUT2D eigenvalue weighted by Gasteiger charge is -2.17. The molecule has 0 radical (unpaired) electrons. The Hall–Kier alpha value is -0.900. The Bertz CT molecular complexity index is 303. The van der Waals surface area contributed by atoms with Crippen LogP contribution in [0.25, 0.3) is 0 Å². The average Bonchev–Trinajstić information content (AvgIpc) is 2.49. The maximum Gasteiger partial charge on any atom is 0.153 e. The van der Waals surface area contributed by atoms with E-state index in [1.807, 2.05) is 4.68 Å². The summed E-state index contributed by atoms with van der Waals surface area (Å²) in [5.41, 5.74) is 5.94. The molecule has 0 fully saturated rings. The number of nitrogens with two attached hydrogens (primary N) is 1. The molecule has 0 saturated heterocycles. The van der Waals surface area contributed by atoms with Crippen molar-refractivity contribution in [1.82, 2.24) is 14.8 Å². The van der Waals surface area contributed by atoms with Crippen molar-refractivity contribution >= 4 is 0 Å². The van der Waals surface area contributed by atoms with E-state index in [0.717, 1.165) is 31.0 Å². The summed E-state index contributed by atoms with van der Waals surface area (Å²) in [4.78, 5) is 4.46. The lowest BCUT2D eigenvalue weighted by Crippen LogP contribution is -2.22. The first kappa shape index (κ1) is 8.69. The standard InChI is InChI=1S/C9H16N4/c1-6(2)8-11-9-7(10)4-3-5-13(9)12-8/h6-7H,3-5,10H2,1-2H3/t7-/m0/s1. The predicted molar refractivity (Wildman–Crippen MR) is 50.3 cm³/mol. The second kappa shape index (κ2) is 3.10. The molecule has 0 spiro atoms. The van der Waals surface area contributed by atoms with Gasteiger partial charge in [0.2, 0.25) is 0 Å². The summed E-state index contributed by atoms with van der Waals surface area (Å²) in [7, 11) is 0. The summed E-state index contributed by atoms with van der Waals surface area (Å²) >= 11 is 0. The van der Waals surface area contributed by atoms with E-state index in [4.69, 9.17) is 5.73 Å². The third-order valence-electron chi connectivity index (χ3n) is 2.45. The maximum atomic E-state index is 5.94. The zero-order valence-corrected chi connectivity index (χ0v) is 8.20. The van der Waals surface area contributed by atoms with Gasteiger partial charge in [0.15, 0.2) is 5.82 Å². The topological polar surface area (TPSA) is 56.7 Å². The molecule has 0 saturated carbocycles. The van der Waals surface area contributed by atoms with Crippen LogP contribution < -0.4 is 5.73 Å². The van der Waals surface area contributed by atoms with Gasteiger partial charge in [0, 0.05) is 12.5 Å². The van der Waals surface area contributed by atoms with Crippen LogP contribution in [0.2, 0.25) is 0 Å². The number of hydrogen-bond donors (Lipinski definition) is 1. The van der Waals surface area contributed by atoms with Gasteiger partial charge in [-0.25, -0.2) is 9.67 Å². The molecule has 1 aliphatic heterocycles. The SMILES string of the molecule is CC(C)c1nc2n(n1)CCC[C@@H]2N. The number of nitrogens with zero attached hydrogens (tertiary/aromatic N) is 3. The Morgan fingerprint density at radius 2 is 2.31 bits per heavy atom. The summed E-state index contributed by atoms with van der Waals surface area (Å²) in [6.07, 6.45) is 2.16. The molecule has 72 valence electrons. The van der Waals surface area contributed by atoms with E-state index < -0.39 is 0 Å². The van der Waals surface area contributed by atoms with Crippen LogP contribution >= 0.6 is 0 Å². The third kappa shape index (κ3) is 1.46. The van der Waals surface area contributed by atoms with Gasteiger partial charge in [0.05, 0.1) is 6.04 Å². The summed E-state index contributed by atoms with van der Waals surface area (Å²) in [5, 5.41) is 4.43. The minimum atomic E-state index is 0.0914. The molecule has 2 heterocycles. The first-order valence-electron chi connectivity index (χ1n) is 4.88. The minimum absolute atomic E-state index is 0.0914. The van der Waals surface area contributed by atoms with Gasteiger partial charge in [0.1, 0.15) is 5.82 Å². The van der Waals surface area contributed by atoms with Gasteiger partial charge in [-0.15, -0.1) is 0 Å². The Balaban J connectivity index is 2.36. The van der Waals surface area contributed by atoms with Crippen molar-refractivity contribution in [1.29, 1.82) is 0 Å². The first-order chi connectivity index (χ1) is 6.18. The molecule has 1 atom stereocenters. The Labute approximate surface area is 78.1 Å². The normalized spacial score (nSPS) is 22.0. The molecule has 1 aromatic heterocycles. The molecule has 0 aromatic carbocycles. The van der Waals surface area contributed by atoms with Crippen LogP contribution in [0.4, 0.5) is 0 Å². The predicted octanol–water partition coefficient (Wildman–Crippen LogP) is 1.20. The fourth-order valence-electron chi connectivity index (χ4n) is 1.65. The molecule has 2 N–H and O–H groups in total. The summed E-state index contributed by atoms with van der Waals surface area (Å²) in [6.45, 7) is 5.18. The van der Waals surface area contributed by atoms with Crippen LogP contribution in [0.3, 0.4) is 0 Å². The van der Waals surface area contributed by atoms with Crippen LogP contribution in [-0.2, 0) is 6.54 Å². The lowest BCUT2D eigenvalue weighted by atomic mass is 10.1. The van der Waals surface area contributed by atoms with Gasteiger partial charge < -0.3 is 5.73 Å². The van der Waals surface area contributed by atoms with E-state index in [2.05, 4.69) is 23.9 Å². The highest BCUT2D eigenvalue weighted by Gasteiger charge is 2.21. The number of fused-ring (bicyclic) bond motifs is 1. The van der Waals surface area contributed by atoms with E-state index in [0.29, 0.717) is 5.92 Å². The molecular formula is C9H16N4. The van der Waals surface area contributed by atoms with Gasteiger partial charge in [0.25, 0.3) is 0 Å². The molecule has 0 aliphatic carbocycles. The largest absolute Gasteiger partial charge is 0.321 e. The average molecular weight is 180 g/mol. The van der Waals surface area contributed by atoms with Gasteiger partial charge >= 0.3 is 0 Å². The van der Waals surface area contributed by atoms with Crippen molar-refractivity contribution in [2.75, 3.05) is 0 Å². The molecule has 13 heavy (non-hydrogen) atoms. The van der Waals surface area contributed by atoms with Crippen molar-refractivity contribution in [3.8, 4) is 0 Å². The van der Waals surface area contributed by atoms with Crippen LogP contribution in [0.5, 0.6) is 0 Å². The van der Waals surface area contributed by atoms with Crippen LogP contribution in [0, 0.1) is 0 Å². The molecule has 1 aromatic rings. The summed E-state index contributed by atoms with van der Waals surface area (Å²) in [6, 6.07) is 0.0914. The van der Waals surface area contributed by atoms with Crippen molar-refractivity contribution in [2.24, 2.45) is 5.73 Å². The van der Waals surface area contributed by atoms with Crippen LogP contribution in [0.15, 0.2) is 0 Å². The zero-order valence-electron chi connectivity index (χ0n) is 8.20. The number of rotatable bonds is 1. The number of aromatic nitrogens is 3. The quantitative estimate of drug-likeness (QED) is 0.706. The Kier molecular flexibility index (Phi) is 2.07. The molecule has 4 nitrogen and oxygen atoms in total. The second-order valence-electron chi connectivity index (χ2n) is 3.95. The third-order valence-corrected chi connectivity index (χ3v) is 2.45. The highest BCUT2D eigenvalue weighted by molar-refractivity contribution is 5.03. The molecule has 2 rings (SSSR count). The van der Waals surface area contributed by atoms with Gasteiger partial charge in [-0.2, -0.15) is 5.10 Å². The van der Waals surface area contributed by atoms with E-state index in [1.165, 1.54) is 0 Å². The van der Waals surface area contributed by atoms with Gasteiger partial charge in [-0.1, -0.05) is 13.8 Å². The van der Waals surface area contributed by atoms with Crippen molar-refractivity contribution in [2.45, 2.75) is 45.2 Å². The number of hydrogen-bond acceptors (Lipinski definition) is 3. The van der Waals surface area contributed by atoms with Crippen LogP contribution in [-0.4, -0.2) is 14.8 Å². The maximum absolute atomic E-state index is 5.94.